The molecule has 0 radical (unpaired) electrons. The SMILES string of the molecule is Cc1sc2ncnc(N3CCC(Oc4ccc(F)nc4)CC3)c2c1C. The zero-order valence-corrected chi connectivity index (χ0v) is 15.0. The van der Waals surface area contributed by atoms with Crippen molar-refractivity contribution >= 4 is 27.4 Å². The third kappa shape index (κ3) is 3.16. The van der Waals surface area contributed by atoms with E-state index >= 15 is 0 Å². The third-order valence-electron chi connectivity index (χ3n) is 4.69. The molecule has 4 rings (SSSR count). The molecular weight excluding hydrogens is 339 g/mol. The lowest BCUT2D eigenvalue weighted by Crippen LogP contribution is -2.38. The van der Waals surface area contributed by atoms with Gasteiger partial charge in [0.15, 0.2) is 0 Å². The Hall–Kier alpha value is -2.28. The number of aryl methyl sites for hydroxylation is 2. The van der Waals surface area contributed by atoms with Crippen LogP contribution in [0.3, 0.4) is 0 Å². The van der Waals surface area contributed by atoms with Gasteiger partial charge < -0.3 is 9.64 Å². The number of rotatable bonds is 3. The maximum absolute atomic E-state index is 12.9. The number of hydrogen-bond acceptors (Lipinski definition) is 6. The fourth-order valence-electron chi connectivity index (χ4n) is 3.21. The van der Waals surface area contributed by atoms with Gasteiger partial charge in [0, 0.05) is 30.8 Å². The van der Waals surface area contributed by atoms with Gasteiger partial charge >= 0.3 is 0 Å². The molecule has 1 aliphatic rings. The Balaban J connectivity index is 1.48. The van der Waals surface area contributed by atoms with E-state index in [1.54, 1.807) is 23.7 Å². The highest BCUT2D eigenvalue weighted by molar-refractivity contribution is 7.18. The molecule has 0 bridgehead atoms. The topological polar surface area (TPSA) is 51.1 Å². The highest BCUT2D eigenvalue weighted by Crippen LogP contribution is 2.35. The zero-order valence-electron chi connectivity index (χ0n) is 14.2. The number of ether oxygens (including phenoxy) is 1. The summed E-state index contributed by atoms with van der Waals surface area (Å²) in [6.07, 6.45) is 4.99. The molecule has 4 heterocycles. The molecule has 1 aliphatic heterocycles. The van der Waals surface area contributed by atoms with Crippen LogP contribution in [0.2, 0.25) is 0 Å². The summed E-state index contributed by atoms with van der Waals surface area (Å²) in [6, 6.07) is 2.95. The normalized spacial score (nSPS) is 15.7. The largest absolute Gasteiger partial charge is 0.489 e. The van der Waals surface area contributed by atoms with Crippen molar-refractivity contribution in [2.45, 2.75) is 32.8 Å². The molecule has 7 heteroatoms. The maximum atomic E-state index is 12.9. The Kier molecular flexibility index (Phi) is 4.25. The number of hydrogen-bond donors (Lipinski definition) is 0. The fourth-order valence-corrected chi connectivity index (χ4v) is 4.20. The lowest BCUT2D eigenvalue weighted by Gasteiger charge is -2.33. The minimum atomic E-state index is -0.489. The van der Waals surface area contributed by atoms with Crippen molar-refractivity contribution in [2.24, 2.45) is 0 Å². The molecule has 5 nitrogen and oxygen atoms in total. The second-order valence-electron chi connectivity index (χ2n) is 6.28. The highest BCUT2D eigenvalue weighted by atomic mass is 32.1. The number of nitrogens with zero attached hydrogens (tertiary/aromatic N) is 4. The van der Waals surface area contributed by atoms with Crippen molar-refractivity contribution < 1.29 is 9.13 Å². The summed E-state index contributed by atoms with van der Waals surface area (Å²) < 4.78 is 18.8. The van der Waals surface area contributed by atoms with Gasteiger partial charge in [0.25, 0.3) is 0 Å². The van der Waals surface area contributed by atoms with Gasteiger partial charge in [-0.05, 0) is 31.5 Å². The minimum Gasteiger partial charge on any atom is -0.489 e. The van der Waals surface area contributed by atoms with E-state index in [-0.39, 0.29) is 6.10 Å². The van der Waals surface area contributed by atoms with E-state index in [4.69, 9.17) is 4.74 Å². The standard InChI is InChI=1S/C18H19FN4OS/c1-11-12(2)25-18-16(11)17(21-10-22-18)23-7-5-13(6-8-23)24-14-3-4-15(19)20-9-14/h3-4,9-10,13H,5-8H2,1-2H3. The fraction of sp³-hybridized carbons (Fsp3) is 0.389. The first-order chi connectivity index (χ1) is 12.1. The second kappa shape index (κ2) is 6.55. The lowest BCUT2D eigenvalue weighted by molar-refractivity contribution is 0.170. The quantitative estimate of drug-likeness (QED) is 0.665. The Bertz CT molecular complexity index is 888. The third-order valence-corrected chi connectivity index (χ3v) is 5.81. The van der Waals surface area contributed by atoms with E-state index < -0.39 is 5.95 Å². The molecule has 3 aromatic heterocycles. The van der Waals surface area contributed by atoms with E-state index in [1.165, 1.54) is 28.1 Å². The summed E-state index contributed by atoms with van der Waals surface area (Å²) in [5.41, 5.74) is 1.27. The first kappa shape index (κ1) is 16.2. The predicted octanol–water partition coefficient (Wildman–Crippen LogP) is 3.89. The Morgan fingerprint density at radius 3 is 2.68 bits per heavy atom. The van der Waals surface area contributed by atoms with Crippen LogP contribution < -0.4 is 9.64 Å². The number of aromatic nitrogens is 3. The van der Waals surface area contributed by atoms with Crippen molar-refractivity contribution in [3.8, 4) is 5.75 Å². The van der Waals surface area contributed by atoms with E-state index in [2.05, 4.69) is 33.7 Å². The molecule has 3 aromatic rings. The average Bonchev–Trinajstić information content (AvgIpc) is 2.92. The number of pyridine rings is 1. The van der Waals surface area contributed by atoms with Crippen LogP contribution in [-0.2, 0) is 0 Å². The lowest BCUT2D eigenvalue weighted by atomic mass is 10.1. The molecule has 0 unspecified atom stereocenters. The van der Waals surface area contributed by atoms with E-state index in [0.29, 0.717) is 5.75 Å². The van der Waals surface area contributed by atoms with Crippen LogP contribution in [0.5, 0.6) is 5.75 Å². The monoisotopic (exact) mass is 358 g/mol. The Morgan fingerprint density at radius 1 is 1.16 bits per heavy atom. The molecule has 0 spiro atoms. The Morgan fingerprint density at radius 2 is 1.96 bits per heavy atom. The first-order valence-corrected chi connectivity index (χ1v) is 9.17. The predicted molar refractivity (Wildman–Crippen MR) is 96.9 cm³/mol. The van der Waals surface area contributed by atoms with Crippen molar-refractivity contribution in [1.29, 1.82) is 0 Å². The van der Waals surface area contributed by atoms with Crippen molar-refractivity contribution in [2.75, 3.05) is 18.0 Å². The van der Waals surface area contributed by atoms with Crippen molar-refractivity contribution in [3.05, 3.63) is 41.0 Å². The average molecular weight is 358 g/mol. The molecule has 0 N–H and O–H groups in total. The summed E-state index contributed by atoms with van der Waals surface area (Å²) in [4.78, 5) is 17.3. The van der Waals surface area contributed by atoms with Crippen molar-refractivity contribution in [3.63, 3.8) is 0 Å². The molecule has 0 aliphatic carbocycles. The molecule has 0 atom stereocenters. The van der Waals surface area contributed by atoms with Gasteiger partial charge in [-0.1, -0.05) is 0 Å². The maximum Gasteiger partial charge on any atom is 0.213 e. The smallest absolute Gasteiger partial charge is 0.213 e. The van der Waals surface area contributed by atoms with Gasteiger partial charge in [0.2, 0.25) is 5.95 Å². The minimum absolute atomic E-state index is 0.117. The Labute approximate surface area is 149 Å². The van der Waals surface area contributed by atoms with Crippen LogP contribution in [0.1, 0.15) is 23.3 Å². The number of halogens is 1. The van der Waals surface area contributed by atoms with E-state index in [0.717, 1.165) is 36.6 Å². The summed E-state index contributed by atoms with van der Waals surface area (Å²) in [7, 11) is 0. The second-order valence-corrected chi connectivity index (χ2v) is 7.48. The number of fused-ring (bicyclic) bond motifs is 1. The summed E-state index contributed by atoms with van der Waals surface area (Å²) in [5, 5.41) is 1.17. The molecule has 0 amide bonds. The van der Waals surface area contributed by atoms with Crippen LogP contribution in [0, 0.1) is 19.8 Å². The van der Waals surface area contributed by atoms with Crippen LogP contribution in [0.15, 0.2) is 24.7 Å². The van der Waals surface area contributed by atoms with Gasteiger partial charge in [-0.25, -0.2) is 15.0 Å². The van der Waals surface area contributed by atoms with E-state index in [9.17, 15) is 4.39 Å². The number of piperidine rings is 1. The van der Waals surface area contributed by atoms with Gasteiger partial charge in [0.1, 0.15) is 28.8 Å². The highest BCUT2D eigenvalue weighted by Gasteiger charge is 2.24. The van der Waals surface area contributed by atoms with Crippen LogP contribution >= 0.6 is 11.3 Å². The summed E-state index contributed by atoms with van der Waals surface area (Å²) in [6.45, 7) is 6.01. The number of anilines is 1. The zero-order chi connectivity index (χ0) is 17.4. The molecule has 1 saturated heterocycles. The van der Waals surface area contributed by atoms with Gasteiger partial charge in [-0.2, -0.15) is 4.39 Å². The first-order valence-electron chi connectivity index (χ1n) is 8.35. The van der Waals surface area contributed by atoms with Crippen molar-refractivity contribution in [1.82, 2.24) is 15.0 Å². The van der Waals surface area contributed by atoms with Crippen LogP contribution in [0.4, 0.5) is 10.2 Å². The molecule has 130 valence electrons. The summed E-state index contributed by atoms with van der Waals surface area (Å²) in [5.74, 6) is 1.15. The molecule has 25 heavy (non-hydrogen) atoms. The van der Waals surface area contributed by atoms with E-state index in [1.807, 2.05) is 0 Å². The van der Waals surface area contributed by atoms with Gasteiger partial charge in [-0.3, -0.25) is 0 Å². The summed E-state index contributed by atoms with van der Waals surface area (Å²) >= 11 is 1.72. The number of thiophene rings is 1. The molecular formula is C18H19FN4OS. The van der Waals surface area contributed by atoms with Crippen LogP contribution in [-0.4, -0.2) is 34.1 Å². The van der Waals surface area contributed by atoms with Gasteiger partial charge in [-0.15, -0.1) is 11.3 Å². The molecule has 1 fully saturated rings. The van der Waals surface area contributed by atoms with Gasteiger partial charge in [0.05, 0.1) is 11.6 Å². The molecule has 0 aromatic carbocycles. The van der Waals surface area contributed by atoms with Crippen LogP contribution in [0.25, 0.3) is 10.2 Å². The molecule has 0 saturated carbocycles.